The molecule has 1 amide bonds. The summed E-state index contributed by atoms with van der Waals surface area (Å²) in [6.07, 6.45) is 1.35. The van der Waals surface area contributed by atoms with Crippen LogP contribution < -0.4 is 10.6 Å². The Morgan fingerprint density at radius 3 is 2.50 bits per heavy atom. The lowest BCUT2D eigenvalue weighted by Crippen LogP contribution is -2.58. The summed E-state index contributed by atoms with van der Waals surface area (Å²) < 4.78 is 5.73. The number of carbonyl (C=O) groups excluding carboxylic acids is 1. The van der Waals surface area contributed by atoms with Gasteiger partial charge in [-0.15, -0.1) is 0 Å². The Bertz CT molecular complexity index is 468. The highest BCUT2D eigenvalue weighted by molar-refractivity contribution is 5.94. The molecule has 0 heterocycles. The average Bonchev–Trinajstić information content (AvgIpc) is 2.46. The van der Waals surface area contributed by atoms with Crippen molar-refractivity contribution in [2.24, 2.45) is 5.41 Å². The van der Waals surface area contributed by atoms with Crippen molar-refractivity contribution >= 4 is 11.6 Å². The fraction of sp³-hybridized carbons (Fsp3) is 0.562. The maximum Gasteiger partial charge on any atom is 0.251 e. The summed E-state index contributed by atoms with van der Waals surface area (Å²) >= 11 is 0. The number of carbonyl (C=O) groups is 1. The van der Waals surface area contributed by atoms with E-state index in [2.05, 4.69) is 24.5 Å². The largest absolute Gasteiger partial charge is 0.382 e. The lowest BCUT2D eigenvalue weighted by Gasteiger charge is -2.52. The number of nitrogens with one attached hydrogen (secondary N) is 2. The average molecular weight is 276 g/mol. The highest BCUT2D eigenvalue weighted by Crippen LogP contribution is 2.44. The van der Waals surface area contributed by atoms with Gasteiger partial charge in [0, 0.05) is 36.4 Å². The van der Waals surface area contributed by atoms with Crippen LogP contribution in [0.5, 0.6) is 0 Å². The SMILES string of the molecule is CCOC1CC(Nc2ccc(C(=O)NC)cc2)C1(C)C. The number of rotatable bonds is 5. The molecule has 0 bridgehead atoms. The molecule has 2 atom stereocenters. The second kappa shape index (κ2) is 5.83. The lowest BCUT2D eigenvalue weighted by molar-refractivity contribution is -0.0975. The number of ether oxygens (including phenoxy) is 1. The van der Waals surface area contributed by atoms with Gasteiger partial charge in [-0.25, -0.2) is 0 Å². The van der Waals surface area contributed by atoms with Crippen LogP contribution in [-0.4, -0.2) is 31.7 Å². The van der Waals surface area contributed by atoms with Gasteiger partial charge >= 0.3 is 0 Å². The predicted molar refractivity (Wildman–Crippen MR) is 81.1 cm³/mol. The maximum atomic E-state index is 11.5. The zero-order chi connectivity index (χ0) is 14.8. The van der Waals surface area contributed by atoms with Crippen molar-refractivity contribution in [2.75, 3.05) is 19.0 Å². The van der Waals surface area contributed by atoms with Crippen LogP contribution in [0.15, 0.2) is 24.3 Å². The van der Waals surface area contributed by atoms with Gasteiger partial charge in [0.2, 0.25) is 0 Å². The van der Waals surface area contributed by atoms with Crippen molar-refractivity contribution in [3.8, 4) is 0 Å². The van der Waals surface area contributed by atoms with E-state index in [1.54, 1.807) is 7.05 Å². The van der Waals surface area contributed by atoms with Crippen LogP contribution in [0.3, 0.4) is 0 Å². The van der Waals surface area contributed by atoms with Gasteiger partial charge in [0.05, 0.1) is 6.10 Å². The first kappa shape index (κ1) is 14.9. The van der Waals surface area contributed by atoms with E-state index in [1.165, 1.54) is 0 Å². The second-order valence-electron chi connectivity index (χ2n) is 5.85. The third-order valence-electron chi connectivity index (χ3n) is 4.26. The third-order valence-corrected chi connectivity index (χ3v) is 4.26. The number of benzene rings is 1. The number of anilines is 1. The van der Waals surface area contributed by atoms with Gasteiger partial charge in [0.25, 0.3) is 5.91 Å². The molecule has 0 spiro atoms. The van der Waals surface area contributed by atoms with E-state index in [0.29, 0.717) is 17.7 Å². The van der Waals surface area contributed by atoms with Crippen molar-refractivity contribution in [3.63, 3.8) is 0 Å². The summed E-state index contributed by atoms with van der Waals surface area (Å²) in [5, 5.41) is 6.15. The molecule has 1 aromatic rings. The molecule has 0 radical (unpaired) electrons. The van der Waals surface area contributed by atoms with Gasteiger partial charge in [-0.1, -0.05) is 13.8 Å². The molecule has 1 fully saturated rings. The highest BCUT2D eigenvalue weighted by Gasteiger charge is 2.48. The first-order valence-corrected chi connectivity index (χ1v) is 7.19. The summed E-state index contributed by atoms with van der Waals surface area (Å²) in [4.78, 5) is 11.5. The normalized spacial score (nSPS) is 23.8. The number of amides is 1. The summed E-state index contributed by atoms with van der Waals surface area (Å²) in [5.41, 5.74) is 1.86. The molecule has 0 aliphatic heterocycles. The standard InChI is InChI=1S/C16H24N2O2/c1-5-20-14-10-13(16(14,2)3)18-12-8-6-11(7-9-12)15(19)17-4/h6-9,13-14,18H,5,10H2,1-4H3,(H,17,19). The fourth-order valence-corrected chi connectivity index (χ4v) is 2.68. The Kier molecular flexibility index (Phi) is 4.33. The summed E-state index contributed by atoms with van der Waals surface area (Å²) in [7, 11) is 1.64. The molecule has 110 valence electrons. The molecule has 4 heteroatoms. The van der Waals surface area contributed by atoms with E-state index in [1.807, 2.05) is 31.2 Å². The Morgan fingerprint density at radius 2 is 2.00 bits per heavy atom. The van der Waals surface area contributed by atoms with Gasteiger partial charge in [0.15, 0.2) is 0 Å². The number of hydrogen-bond acceptors (Lipinski definition) is 3. The molecule has 1 saturated carbocycles. The maximum absolute atomic E-state index is 11.5. The summed E-state index contributed by atoms with van der Waals surface area (Å²) in [5.74, 6) is -0.0584. The molecule has 2 rings (SSSR count). The third kappa shape index (κ3) is 2.80. The van der Waals surface area contributed by atoms with Crippen molar-refractivity contribution in [2.45, 2.75) is 39.3 Å². The molecule has 2 unspecified atom stereocenters. The van der Waals surface area contributed by atoms with Crippen molar-refractivity contribution in [1.29, 1.82) is 0 Å². The van der Waals surface area contributed by atoms with Crippen LogP contribution in [0.25, 0.3) is 0 Å². The van der Waals surface area contributed by atoms with Crippen LogP contribution in [-0.2, 0) is 4.74 Å². The van der Waals surface area contributed by atoms with Gasteiger partial charge in [-0.2, -0.15) is 0 Å². The molecule has 2 N–H and O–H groups in total. The van der Waals surface area contributed by atoms with E-state index < -0.39 is 0 Å². The summed E-state index contributed by atoms with van der Waals surface area (Å²) in [6.45, 7) is 7.26. The quantitative estimate of drug-likeness (QED) is 0.869. The molecule has 1 aliphatic carbocycles. The van der Waals surface area contributed by atoms with Gasteiger partial charge < -0.3 is 15.4 Å². The number of hydrogen-bond donors (Lipinski definition) is 2. The highest BCUT2D eigenvalue weighted by atomic mass is 16.5. The van der Waals surface area contributed by atoms with Crippen LogP contribution in [0.4, 0.5) is 5.69 Å². The van der Waals surface area contributed by atoms with Crippen LogP contribution in [0.1, 0.15) is 37.6 Å². The molecule has 1 aromatic carbocycles. The van der Waals surface area contributed by atoms with Gasteiger partial charge in [-0.05, 0) is 37.6 Å². The molecule has 20 heavy (non-hydrogen) atoms. The van der Waals surface area contributed by atoms with Gasteiger partial charge in [0.1, 0.15) is 0 Å². The van der Waals surface area contributed by atoms with E-state index in [-0.39, 0.29) is 11.3 Å². The van der Waals surface area contributed by atoms with E-state index >= 15 is 0 Å². The first-order valence-electron chi connectivity index (χ1n) is 7.19. The molecule has 0 saturated heterocycles. The molecule has 0 aromatic heterocycles. The summed E-state index contributed by atoms with van der Waals surface area (Å²) in [6, 6.07) is 7.99. The Balaban J connectivity index is 1.96. The zero-order valence-corrected chi connectivity index (χ0v) is 12.7. The van der Waals surface area contributed by atoms with Crippen molar-refractivity contribution < 1.29 is 9.53 Å². The van der Waals surface area contributed by atoms with Gasteiger partial charge in [-0.3, -0.25) is 4.79 Å². The molecular formula is C16H24N2O2. The monoisotopic (exact) mass is 276 g/mol. The van der Waals surface area contributed by atoms with Crippen molar-refractivity contribution in [1.82, 2.24) is 5.32 Å². The minimum Gasteiger partial charge on any atom is -0.382 e. The van der Waals surface area contributed by atoms with Crippen LogP contribution >= 0.6 is 0 Å². The van der Waals surface area contributed by atoms with E-state index in [4.69, 9.17) is 4.74 Å². The van der Waals surface area contributed by atoms with E-state index in [0.717, 1.165) is 18.7 Å². The fourth-order valence-electron chi connectivity index (χ4n) is 2.68. The van der Waals surface area contributed by atoms with Crippen molar-refractivity contribution in [3.05, 3.63) is 29.8 Å². The Hall–Kier alpha value is -1.55. The smallest absolute Gasteiger partial charge is 0.251 e. The molecular weight excluding hydrogens is 252 g/mol. The second-order valence-corrected chi connectivity index (χ2v) is 5.85. The van der Waals surface area contributed by atoms with Crippen LogP contribution in [0, 0.1) is 5.41 Å². The molecule has 1 aliphatic rings. The molecule has 4 nitrogen and oxygen atoms in total. The minimum absolute atomic E-state index is 0.0584. The lowest BCUT2D eigenvalue weighted by atomic mass is 9.64. The minimum atomic E-state index is -0.0584. The Labute approximate surface area is 120 Å². The first-order chi connectivity index (χ1) is 9.48. The van der Waals surface area contributed by atoms with Crippen LogP contribution in [0.2, 0.25) is 0 Å². The topological polar surface area (TPSA) is 50.4 Å². The predicted octanol–water partition coefficient (Wildman–Crippen LogP) is 2.66. The van der Waals surface area contributed by atoms with E-state index in [9.17, 15) is 4.79 Å². The zero-order valence-electron chi connectivity index (χ0n) is 12.7. The Morgan fingerprint density at radius 1 is 1.35 bits per heavy atom.